The third-order valence-corrected chi connectivity index (χ3v) is 5.15. The molecule has 2 aromatic carbocycles. The van der Waals surface area contributed by atoms with Gasteiger partial charge in [0.15, 0.2) is 5.82 Å². The van der Waals surface area contributed by atoms with E-state index in [1.807, 2.05) is 6.07 Å². The molecular weight excluding hydrogens is 466 g/mol. The standard InChI is InChI=1S/C24H23N7O5/c1-35-19-9-14(3-4-17(19)10-21(32)33)12-25-23-26-13-27-24(29-23)28-20-11-18(30-31-20)15-5-7-16(8-6-15)22(34)36-2/h3-9,11,13H,10,12H2,1-2H3,(H,32,33)(H3,25,26,27,28,29,30,31). The molecule has 12 nitrogen and oxygen atoms in total. The first kappa shape index (κ1) is 24.1. The molecule has 36 heavy (non-hydrogen) atoms. The molecule has 0 aliphatic carbocycles. The Morgan fingerprint density at radius 3 is 2.53 bits per heavy atom. The van der Waals surface area contributed by atoms with Gasteiger partial charge in [-0.1, -0.05) is 24.3 Å². The molecule has 0 fully saturated rings. The monoisotopic (exact) mass is 489 g/mol. The average molecular weight is 489 g/mol. The maximum atomic E-state index is 11.6. The summed E-state index contributed by atoms with van der Waals surface area (Å²) in [4.78, 5) is 35.2. The Balaban J connectivity index is 1.39. The van der Waals surface area contributed by atoms with Crippen molar-refractivity contribution in [2.75, 3.05) is 24.9 Å². The van der Waals surface area contributed by atoms with Crippen molar-refractivity contribution in [2.24, 2.45) is 0 Å². The number of carbonyl (C=O) groups is 2. The van der Waals surface area contributed by atoms with Gasteiger partial charge in [0, 0.05) is 18.2 Å². The molecule has 0 spiro atoms. The molecule has 0 unspecified atom stereocenters. The number of carboxylic acid groups (broad SMARTS) is 1. The van der Waals surface area contributed by atoms with Crippen LogP contribution in [-0.4, -0.2) is 56.4 Å². The molecule has 0 aliphatic heterocycles. The van der Waals surface area contributed by atoms with Crippen LogP contribution in [0.3, 0.4) is 0 Å². The van der Waals surface area contributed by atoms with Crippen LogP contribution in [0.15, 0.2) is 54.9 Å². The number of rotatable bonds is 10. The summed E-state index contributed by atoms with van der Waals surface area (Å²) < 4.78 is 10.0. The van der Waals surface area contributed by atoms with Crippen LogP contribution >= 0.6 is 0 Å². The van der Waals surface area contributed by atoms with Crippen LogP contribution in [0.2, 0.25) is 0 Å². The van der Waals surface area contributed by atoms with Gasteiger partial charge in [0.2, 0.25) is 11.9 Å². The number of esters is 1. The first-order chi connectivity index (χ1) is 17.4. The van der Waals surface area contributed by atoms with Crippen molar-refractivity contribution in [3.8, 4) is 17.0 Å². The highest BCUT2D eigenvalue weighted by Crippen LogP contribution is 2.23. The van der Waals surface area contributed by atoms with E-state index in [2.05, 4.69) is 35.8 Å². The number of hydrogen-bond acceptors (Lipinski definition) is 10. The van der Waals surface area contributed by atoms with E-state index >= 15 is 0 Å². The van der Waals surface area contributed by atoms with Crippen molar-refractivity contribution in [1.29, 1.82) is 0 Å². The van der Waals surface area contributed by atoms with Gasteiger partial charge in [0.05, 0.1) is 31.9 Å². The minimum Gasteiger partial charge on any atom is -0.496 e. The SMILES string of the molecule is COC(=O)c1ccc(-c2cc(Nc3ncnc(NCc4ccc(CC(=O)O)c(OC)c4)n3)n[nH]2)cc1. The third kappa shape index (κ3) is 5.91. The molecule has 0 saturated carbocycles. The van der Waals surface area contributed by atoms with Gasteiger partial charge in [-0.3, -0.25) is 9.89 Å². The van der Waals surface area contributed by atoms with Crippen LogP contribution in [0.4, 0.5) is 17.7 Å². The summed E-state index contributed by atoms with van der Waals surface area (Å²) >= 11 is 0. The maximum Gasteiger partial charge on any atom is 0.337 e. The Labute approximate surface area is 205 Å². The molecule has 2 aromatic heterocycles. The molecule has 4 aromatic rings. The normalized spacial score (nSPS) is 10.5. The number of aromatic nitrogens is 5. The van der Waals surface area contributed by atoms with Gasteiger partial charge < -0.3 is 25.2 Å². The maximum absolute atomic E-state index is 11.6. The number of carboxylic acids is 1. The summed E-state index contributed by atoms with van der Waals surface area (Å²) in [6.07, 6.45) is 1.25. The van der Waals surface area contributed by atoms with Crippen LogP contribution < -0.4 is 15.4 Å². The highest BCUT2D eigenvalue weighted by molar-refractivity contribution is 5.89. The number of anilines is 3. The fraction of sp³-hybridized carbons (Fsp3) is 0.167. The van der Waals surface area contributed by atoms with E-state index in [4.69, 9.17) is 14.6 Å². The largest absolute Gasteiger partial charge is 0.496 e. The second kappa shape index (κ2) is 11.0. The number of aliphatic carboxylic acids is 1. The Kier molecular flexibility index (Phi) is 7.34. The second-order valence-corrected chi connectivity index (χ2v) is 7.56. The summed E-state index contributed by atoms with van der Waals surface area (Å²) in [6.45, 7) is 0.390. The lowest BCUT2D eigenvalue weighted by atomic mass is 10.1. The van der Waals surface area contributed by atoms with Crippen molar-refractivity contribution < 1.29 is 24.2 Å². The summed E-state index contributed by atoms with van der Waals surface area (Å²) in [5.74, 6) is 0.310. The Bertz CT molecular complexity index is 1370. The molecule has 4 rings (SSSR count). The lowest BCUT2D eigenvalue weighted by molar-refractivity contribution is -0.136. The van der Waals surface area contributed by atoms with Gasteiger partial charge in [-0.2, -0.15) is 10.1 Å². The van der Waals surface area contributed by atoms with Crippen molar-refractivity contribution in [3.05, 3.63) is 71.5 Å². The van der Waals surface area contributed by atoms with Gasteiger partial charge in [-0.15, -0.1) is 0 Å². The van der Waals surface area contributed by atoms with Crippen molar-refractivity contribution in [3.63, 3.8) is 0 Å². The Hall–Kier alpha value is -5.00. The van der Waals surface area contributed by atoms with Crippen molar-refractivity contribution >= 4 is 29.7 Å². The number of carbonyl (C=O) groups excluding carboxylic acids is 1. The van der Waals surface area contributed by atoms with E-state index in [9.17, 15) is 9.59 Å². The zero-order chi connectivity index (χ0) is 25.5. The van der Waals surface area contributed by atoms with Gasteiger partial charge >= 0.3 is 11.9 Å². The smallest absolute Gasteiger partial charge is 0.337 e. The Morgan fingerprint density at radius 1 is 1.03 bits per heavy atom. The van der Waals surface area contributed by atoms with Crippen LogP contribution in [0.25, 0.3) is 11.3 Å². The summed E-state index contributed by atoms with van der Waals surface area (Å²) in [5, 5.41) is 22.3. The predicted molar refractivity (Wildman–Crippen MR) is 130 cm³/mol. The summed E-state index contributed by atoms with van der Waals surface area (Å²) in [5.41, 5.74) is 3.50. The zero-order valence-corrected chi connectivity index (χ0v) is 19.5. The van der Waals surface area contributed by atoms with Crippen molar-refractivity contribution in [2.45, 2.75) is 13.0 Å². The van der Waals surface area contributed by atoms with Gasteiger partial charge in [0.1, 0.15) is 12.1 Å². The number of hydrogen-bond donors (Lipinski definition) is 4. The van der Waals surface area contributed by atoms with Crippen LogP contribution in [0.5, 0.6) is 5.75 Å². The molecule has 0 saturated heterocycles. The number of ether oxygens (including phenoxy) is 2. The average Bonchev–Trinajstić information content (AvgIpc) is 3.36. The molecule has 2 heterocycles. The van der Waals surface area contributed by atoms with E-state index in [-0.39, 0.29) is 6.42 Å². The Morgan fingerprint density at radius 2 is 1.81 bits per heavy atom. The number of H-pyrrole nitrogens is 1. The number of nitrogens with zero attached hydrogens (tertiary/aromatic N) is 4. The number of benzene rings is 2. The number of nitrogens with one attached hydrogen (secondary N) is 3. The van der Waals surface area contributed by atoms with E-state index < -0.39 is 11.9 Å². The van der Waals surface area contributed by atoms with Crippen LogP contribution in [0, 0.1) is 0 Å². The molecule has 0 aliphatic rings. The van der Waals surface area contributed by atoms with E-state index in [1.54, 1.807) is 42.5 Å². The number of methoxy groups -OCH3 is 2. The van der Waals surface area contributed by atoms with Gasteiger partial charge in [-0.25, -0.2) is 14.8 Å². The fourth-order valence-corrected chi connectivity index (χ4v) is 3.38. The highest BCUT2D eigenvalue weighted by atomic mass is 16.5. The summed E-state index contributed by atoms with van der Waals surface area (Å²) in [6, 6.07) is 14.0. The predicted octanol–water partition coefficient (Wildman–Crippen LogP) is 3.04. The third-order valence-electron chi connectivity index (χ3n) is 5.15. The highest BCUT2D eigenvalue weighted by Gasteiger charge is 2.11. The fourth-order valence-electron chi connectivity index (χ4n) is 3.38. The lowest BCUT2D eigenvalue weighted by Crippen LogP contribution is -2.07. The van der Waals surface area contributed by atoms with Gasteiger partial charge in [-0.05, 0) is 29.3 Å². The van der Waals surface area contributed by atoms with Gasteiger partial charge in [0.25, 0.3) is 0 Å². The molecule has 0 amide bonds. The minimum atomic E-state index is -0.926. The van der Waals surface area contributed by atoms with Crippen molar-refractivity contribution in [1.82, 2.24) is 25.1 Å². The second-order valence-electron chi connectivity index (χ2n) is 7.56. The van der Waals surface area contributed by atoms with Crippen LogP contribution in [0.1, 0.15) is 21.5 Å². The lowest BCUT2D eigenvalue weighted by Gasteiger charge is -2.10. The van der Waals surface area contributed by atoms with E-state index in [0.717, 1.165) is 16.8 Å². The topological polar surface area (TPSA) is 164 Å². The minimum absolute atomic E-state index is 0.118. The van der Waals surface area contributed by atoms with E-state index in [0.29, 0.717) is 41.1 Å². The zero-order valence-electron chi connectivity index (χ0n) is 19.5. The molecule has 184 valence electrons. The molecule has 0 bridgehead atoms. The first-order valence-corrected chi connectivity index (χ1v) is 10.8. The quantitative estimate of drug-likeness (QED) is 0.242. The molecule has 0 atom stereocenters. The van der Waals surface area contributed by atoms with Crippen LogP contribution in [-0.2, 0) is 22.5 Å². The van der Waals surface area contributed by atoms with E-state index in [1.165, 1.54) is 20.5 Å². The summed E-state index contributed by atoms with van der Waals surface area (Å²) in [7, 11) is 2.84. The first-order valence-electron chi connectivity index (χ1n) is 10.8. The molecule has 4 N–H and O–H groups in total. The molecule has 12 heteroatoms. The number of aromatic amines is 1. The molecular formula is C24H23N7O5. The molecule has 0 radical (unpaired) electrons.